The molecule has 0 spiro atoms. The Bertz CT molecular complexity index is 296. The monoisotopic (exact) mass is 267 g/mol. The van der Waals surface area contributed by atoms with Crippen LogP contribution in [0.3, 0.4) is 0 Å². The molecule has 4 heteroatoms. The lowest BCUT2D eigenvalue weighted by Gasteiger charge is -2.41. The van der Waals surface area contributed by atoms with Crippen molar-refractivity contribution in [2.75, 3.05) is 33.4 Å². The zero-order valence-corrected chi connectivity index (χ0v) is 12.5. The van der Waals surface area contributed by atoms with Crippen molar-refractivity contribution in [1.82, 2.24) is 10.6 Å². The van der Waals surface area contributed by atoms with Crippen molar-refractivity contribution in [2.45, 2.75) is 45.4 Å². The fourth-order valence-corrected chi connectivity index (χ4v) is 3.02. The van der Waals surface area contributed by atoms with E-state index in [2.05, 4.69) is 17.6 Å². The summed E-state index contributed by atoms with van der Waals surface area (Å²) in [7, 11) is 1.75. The molecule has 0 unspecified atom stereocenters. The number of guanidine groups is 1. The molecule has 2 rings (SSSR count). The third kappa shape index (κ3) is 4.10. The molecule has 0 aliphatic heterocycles. The van der Waals surface area contributed by atoms with Crippen LogP contribution in [0.5, 0.6) is 0 Å². The second-order valence-corrected chi connectivity index (χ2v) is 5.96. The van der Waals surface area contributed by atoms with Crippen LogP contribution < -0.4 is 10.6 Å². The number of rotatable bonds is 8. The number of methoxy groups -OCH3 is 1. The Morgan fingerprint density at radius 3 is 2.63 bits per heavy atom. The van der Waals surface area contributed by atoms with E-state index in [1.165, 1.54) is 32.1 Å². The summed E-state index contributed by atoms with van der Waals surface area (Å²) in [4.78, 5) is 4.82. The summed E-state index contributed by atoms with van der Waals surface area (Å²) in [5, 5.41) is 6.73. The predicted octanol–water partition coefficient (Wildman–Crippen LogP) is 2.16. The molecule has 110 valence electrons. The van der Waals surface area contributed by atoms with Gasteiger partial charge in [-0.1, -0.05) is 6.42 Å². The average Bonchev–Trinajstić information content (AvgIpc) is 3.18. The van der Waals surface area contributed by atoms with Gasteiger partial charge in [0, 0.05) is 33.4 Å². The van der Waals surface area contributed by atoms with Crippen LogP contribution in [0.1, 0.15) is 45.4 Å². The van der Waals surface area contributed by atoms with Gasteiger partial charge < -0.3 is 15.4 Å². The predicted molar refractivity (Wildman–Crippen MR) is 79.5 cm³/mol. The number of ether oxygens (including phenoxy) is 1. The highest BCUT2D eigenvalue weighted by atomic mass is 16.5. The minimum absolute atomic E-state index is 0.564. The number of nitrogens with one attached hydrogen (secondary N) is 2. The number of aliphatic imine (C=N–C) groups is 1. The average molecular weight is 267 g/mol. The molecule has 0 atom stereocenters. The molecule has 0 bridgehead atoms. The van der Waals surface area contributed by atoms with Crippen molar-refractivity contribution < 1.29 is 4.74 Å². The quantitative estimate of drug-likeness (QED) is 0.402. The molecule has 0 saturated heterocycles. The topological polar surface area (TPSA) is 45.7 Å². The largest absolute Gasteiger partial charge is 0.385 e. The molecule has 2 saturated carbocycles. The lowest BCUT2D eigenvalue weighted by molar-refractivity contribution is 0.113. The molecular weight excluding hydrogens is 238 g/mol. The first kappa shape index (κ1) is 14.6. The zero-order valence-electron chi connectivity index (χ0n) is 12.5. The van der Waals surface area contributed by atoms with Crippen LogP contribution in [0, 0.1) is 11.3 Å². The van der Waals surface area contributed by atoms with Crippen LogP contribution in [-0.4, -0.2) is 39.3 Å². The molecule has 2 N–H and O–H groups in total. The maximum absolute atomic E-state index is 5.06. The lowest BCUT2D eigenvalue weighted by atomic mass is 9.65. The standard InChI is InChI=1S/C15H29N3O/c1-3-16-14(17-10-5-11-19-2)18-12-15(8-4-9-15)13-6-7-13/h13H,3-12H2,1-2H3,(H2,16,17,18). The number of hydrogen-bond donors (Lipinski definition) is 2. The van der Waals surface area contributed by atoms with Gasteiger partial charge in [0.05, 0.1) is 0 Å². The first-order valence-corrected chi connectivity index (χ1v) is 7.82. The molecule has 4 nitrogen and oxygen atoms in total. The van der Waals surface area contributed by atoms with Crippen molar-refractivity contribution >= 4 is 5.96 Å². The van der Waals surface area contributed by atoms with Crippen molar-refractivity contribution in [2.24, 2.45) is 16.3 Å². The van der Waals surface area contributed by atoms with Gasteiger partial charge in [-0.2, -0.15) is 0 Å². The smallest absolute Gasteiger partial charge is 0.191 e. The van der Waals surface area contributed by atoms with Crippen molar-refractivity contribution in [3.05, 3.63) is 0 Å². The van der Waals surface area contributed by atoms with E-state index < -0.39 is 0 Å². The van der Waals surface area contributed by atoms with Gasteiger partial charge in [0.1, 0.15) is 0 Å². The van der Waals surface area contributed by atoms with Crippen LogP contribution in [0.4, 0.5) is 0 Å². The van der Waals surface area contributed by atoms with Gasteiger partial charge in [0.15, 0.2) is 5.96 Å². The summed E-state index contributed by atoms with van der Waals surface area (Å²) >= 11 is 0. The van der Waals surface area contributed by atoms with Crippen LogP contribution in [0.15, 0.2) is 4.99 Å². The van der Waals surface area contributed by atoms with Gasteiger partial charge in [-0.05, 0) is 50.4 Å². The second-order valence-electron chi connectivity index (χ2n) is 5.96. The highest BCUT2D eigenvalue weighted by Crippen LogP contribution is 2.57. The Kier molecular flexibility index (Phi) is 5.49. The van der Waals surface area contributed by atoms with Crippen LogP contribution >= 0.6 is 0 Å². The third-order valence-corrected chi connectivity index (χ3v) is 4.51. The molecule has 2 fully saturated rings. The second kappa shape index (κ2) is 7.13. The Hall–Kier alpha value is -0.770. The lowest BCUT2D eigenvalue weighted by Crippen LogP contribution is -2.41. The third-order valence-electron chi connectivity index (χ3n) is 4.51. The molecule has 0 amide bonds. The van der Waals surface area contributed by atoms with Gasteiger partial charge in [-0.25, -0.2) is 0 Å². The minimum Gasteiger partial charge on any atom is -0.385 e. The SMILES string of the molecule is CCNC(=NCC1(C2CC2)CCC1)NCCCOC. The van der Waals surface area contributed by atoms with Gasteiger partial charge in [0.2, 0.25) is 0 Å². The van der Waals surface area contributed by atoms with Crippen LogP contribution in [-0.2, 0) is 4.74 Å². The molecule has 0 aromatic carbocycles. The Labute approximate surface area is 117 Å². The molecule has 2 aliphatic rings. The van der Waals surface area contributed by atoms with E-state index >= 15 is 0 Å². The van der Waals surface area contributed by atoms with Crippen molar-refractivity contribution in [3.8, 4) is 0 Å². The number of hydrogen-bond acceptors (Lipinski definition) is 2. The summed E-state index contributed by atoms with van der Waals surface area (Å²) in [6.45, 7) is 5.78. The maximum Gasteiger partial charge on any atom is 0.191 e. The summed E-state index contributed by atoms with van der Waals surface area (Å²) in [6, 6.07) is 0. The fourth-order valence-electron chi connectivity index (χ4n) is 3.02. The summed E-state index contributed by atoms with van der Waals surface area (Å²) < 4.78 is 5.06. The van der Waals surface area contributed by atoms with Gasteiger partial charge in [-0.15, -0.1) is 0 Å². The molecular formula is C15H29N3O. The first-order chi connectivity index (χ1) is 9.30. The molecule has 0 aromatic heterocycles. The van der Waals surface area contributed by atoms with E-state index in [9.17, 15) is 0 Å². The summed E-state index contributed by atoms with van der Waals surface area (Å²) in [5.41, 5.74) is 0.564. The van der Waals surface area contributed by atoms with E-state index in [0.29, 0.717) is 5.41 Å². The Balaban J connectivity index is 1.78. The molecule has 2 aliphatic carbocycles. The fraction of sp³-hybridized carbons (Fsp3) is 0.933. The van der Waals surface area contributed by atoms with Gasteiger partial charge in [0.25, 0.3) is 0 Å². The zero-order chi connectivity index (χ0) is 13.6. The molecule has 19 heavy (non-hydrogen) atoms. The van der Waals surface area contributed by atoms with Gasteiger partial charge in [-0.3, -0.25) is 4.99 Å². The molecule has 0 aromatic rings. The Morgan fingerprint density at radius 1 is 1.32 bits per heavy atom. The maximum atomic E-state index is 5.06. The summed E-state index contributed by atoms with van der Waals surface area (Å²) in [6.07, 6.45) is 8.09. The van der Waals surface area contributed by atoms with E-state index in [1.54, 1.807) is 7.11 Å². The highest BCUT2D eigenvalue weighted by Gasteiger charge is 2.48. The normalized spacial score (nSPS) is 21.9. The van der Waals surface area contributed by atoms with Crippen molar-refractivity contribution in [1.29, 1.82) is 0 Å². The van der Waals surface area contributed by atoms with Crippen LogP contribution in [0.2, 0.25) is 0 Å². The van der Waals surface area contributed by atoms with Gasteiger partial charge >= 0.3 is 0 Å². The van der Waals surface area contributed by atoms with E-state index in [1.807, 2.05) is 0 Å². The first-order valence-electron chi connectivity index (χ1n) is 7.82. The van der Waals surface area contributed by atoms with E-state index in [4.69, 9.17) is 9.73 Å². The summed E-state index contributed by atoms with van der Waals surface area (Å²) in [5.74, 6) is 1.95. The minimum atomic E-state index is 0.564. The van der Waals surface area contributed by atoms with E-state index in [-0.39, 0.29) is 0 Å². The van der Waals surface area contributed by atoms with E-state index in [0.717, 1.165) is 44.5 Å². The number of nitrogens with zero attached hydrogens (tertiary/aromatic N) is 1. The molecule has 0 heterocycles. The van der Waals surface area contributed by atoms with Crippen molar-refractivity contribution in [3.63, 3.8) is 0 Å². The Morgan fingerprint density at radius 2 is 2.11 bits per heavy atom. The molecule has 0 radical (unpaired) electrons. The highest BCUT2D eigenvalue weighted by molar-refractivity contribution is 5.79. The van der Waals surface area contributed by atoms with Crippen LogP contribution in [0.25, 0.3) is 0 Å².